The van der Waals surface area contributed by atoms with Crippen molar-refractivity contribution >= 4 is 11.0 Å². The van der Waals surface area contributed by atoms with E-state index in [1.54, 1.807) is 6.07 Å². The number of ether oxygens (including phenoxy) is 1. The number of aliphatic hydroxyl groups is 1. The van der Waals surface area contributed by atoms with E-state index in [9.17, 15) is 9.90 Å². The summed E-state index contributed by atoms with van der Waals surface area (Å²) in [6.07, 6.45) is 1.85. The summed E-state index contributed by atoms with van der Waals surface area (Å²) in [5.41, 5.74) is 1.03. The van der Waals surface area contributed by atoms with Crippen molar-refractivity contribution < 1.29 is 14.3 Å². The molecule has 1 aromatic heterocycles. The third-order valence-corrected chi connectivity index (χ3v) is 4.71. The molecule has 5 heteroatoms. The topological polar surface area (TPSA) is 62.9 Å². The van der Waals surface area contributed by atoms with Gasteiger partial charge in [0.25, 0.3) is 0 Å². The van der Waals surface area contributed by atoms with Crippen molar-refractivity contribution in [3.8, 4) is 5.75 Å². The van der Waals surface area contributed by atoms with E-state index in [2.05, 4.69) is 11.8 Å². The number of hydrogen-bond acceptors (Lipinski definition) is 5. The second-order valence-electron chi connectivity index (χ2n) is 6.85. The quantitative estimate of drug-likeness (QED) is 0.853. The van der Waals surface area contributed by atoms with Gasteiger partial charge in [-0.25, -0.2) is 4.79 Å². The zero-order chi connectivity index (χ0) is 17.1. The summed E-state index contributed by atoms with van der Waals surface area (Å²) in [7, 11) is 0. The van der Waals surface area contributed by atoms with Crippen LogP contribution in [0.5, 0.6) is 5.75 Å². The number of piperidine rings is 1. The first-order valence-corrected chi connectivity index (χ1v) is 8.59. The predicted octanol–water partition coefficient (Wildman–Crippen LogP) is 2.57. The van der Waals surface area contributed by atoms with Gasteiger partial charge in [-0.1, -0.05) is 6.92 Å². The van der Waals surface area contributed by atoms with Gasteiger partial charge in [-0.05, 0) is 56.5 Å². The average molecular weight is 331 g/mol. The highest BCUT2D eigenvalue weighted by Gasteiger charge is 2.18. The lowest BCUT2D eigenvalue weighted by Crippen LogP contribution is -2.40. The number of aliphatic hydroxyl groups excluding tert-OH is 1. The van der Waals surface area contributed by atoms with Gasteiger partial charge in [0.1, 0.15) is 24.0 Å². The van der Waals surface area contributed by atoms with Crippen molar-refractivity contribution in [2.45, 2.75) is 32.8 Å². The first-order valence-electron chi connectivity index (χ1n) is 8.59. The fourth-order valence-electron chi connectivity index (χ4n) is 3.18. The minimum atomic E-state index is -0.529. The molecule has 1 fully saturated rings. The van der Waals surface area contributed by atoms with Crippen LogP contribution in [0.1, 0.15) is 25.3 Å². The molecular weight excluding hydrogens is 306 g/mol. The number of rotatable bonds is 5. The molecule has 130 valence electrons. The molecule has 1 aromatic carbocycles. The Morgan fingerprint density at radius 2 is 2.08 bits per heavy atom. The van der Waals surface area contributed by atoms with Gasteiger partial charge in [0.15, 0.2) is 0 Å². The third-order valence-electron chi connectivity index (χ3n) is 4.71. The van der Waals surface area contributed by atoms with Crippen LogP contribution >= 0.6 is 0 Å². The molecule has 1 aliphatic heterocycles. The molecule has 1 saturated heterocycles. The zero-order valence-electron chi connectivity index (χ0n) is 14.3. The number of benzene rings is 1. The fraction of sp³-hybridized carbons (Fsp3) is 0.526. The molecule has 24 heavy (non-hydrogen) atoms. The van der Waals surface area contributed by atoms with E-state index in [1.165, 1.54) is 18.9 Å². The molecule has 0 radical (unpaired) electrons. The van der Waals surface area contributed by atoms with Crippen LogP contribution in [0, 0.1) is 12.8 Å². The first kappa shape index (κ1) is 17.0. The molecule has 5 nitrogen and oxygen atoms in total. The van der Waals surface area contributed by atoms with Crippen molar-refractivity contribution in [3.05, 3.63) is 40.2 Å². The van der Waals surface area contributed by atoms with Crippen LogP contribution in [0.2, 0.25) is 0 Å². The SMILES string of the molecule is Cc1cc(=O)oc2cc(OC[C@H](O)CN3CCC(C)CC3)ccc12. The molecule has 0 bridgehead atoms. The van der Waals surface area contributed by atoms with Crippen LogP contribution in [-0.2, 0) is 0 Å². The van der Waals surface area contributed by atoms with Gasteiger partial charge in [-0.2, -0.15) is 0 Å². The van der Waals surface area contributed by atoms with Gasteiger partial charge in [-0.15, -0.1) is 0 Å². The summed E-state index contributed by atoms with van der Waals surface area (Å²) < 4.78 is 10.9. The summed E-state index contributed by atoms with van der Waals surface area (Å²) >= 11 is 0. The molecule has 2 heterocycles. The van der Waals surface area contributed by atoms with Crippen molar-refractivity contribution in [1.29, 1.82) is 0 Å². The van der Waals surface area contributed by atoms with Gasteiger partial charge in [0.2, 0.25) is 0 Å². The normalized spacial score (nSPS) is 18.0. The van der Waals surface area contributed by atoms with E-state index < -0.39 is 6.10 Å². The Kier molecular flexibility index (Phi) is 5.21. The monoisotopic (exact) mass is 331 g/mol. The smallest absolute Gasteiger partial charge is 0.336 e. The number of nitrogens with zero attached hydrogens (tertiary/aromatic N) is 1. The summed E-state index contributed by atoms with van der Waals surface area (Å²) in [6.45, 7) is 7.10. The van der Waals surface area contributed by atoms with Crippen LogP contribution in [0.3, 0.4) is 0 Å². The number of aryl methyl sites for hydroxylation is 1. The largest absolute Gasteiger partial charge is 0.491 e. The van der Waals surface area contributed by atoms with Crippen molar-refractivity contribution in [2.75, 3.05) is 26.2 Å². The lowest BCUT2D eigenvalue weighted by atomic mass is 9.99. The minimum Gasteiger partial charge on any atom is -0.491 e. The Labute approximate surface area is 141 Å². The van der Waals surface area contributed by atoms with E-state index in [1.807, 2.05) is 19.1 Å². The van der Waals surface area contributed by atoms with E-state index in [4.69, 9.17) is 9.15 Å². The number of fused-ring (bicyclic) bond motifs is 1. The third kappa shape index (κ3) is 4.16. The second kappa shape index (κ2) is 7.36. The van der Waals surface area contributed by atoms with Gasteiger partial charge >= 0.3 is 5.63 Å². The average Bonchev–Trinajstić information content (AvgIpc) is 2.54. The van der Waals surface area contributed by atoms with Gasteiger partial charge in [-0.3, -0.25) is 0 Å². The second-order valence-corrected chi connectivity index (χ2v) is 6.85. The zero-order valence-corrected chi connectivity index (χ0v) is 14.3. The fourth-order valence-corrected chi connectivity index (χ4v) is 3.18. The Bertz CT molecular complexity index is 747. The van der Waals surface area contributed by atoms with Gasteiger partial charge < -0.3 is 19.2 Å². The lowest BCUT2D eigenvalue weighted by Gasteiger charge is -2.31. The number of β-amino-alcohol motifs (C(OH)–C–C–N with tert-alkyl or cyclic N) is 1. The number of likely N-dealkylation sites (tertiary alicyclic amines) is 1. The van der Waals surface area contributed by atoms with E-state index >= 15 is 0 Å². The highest BCUT2D eigenvalue weighted by atomic mass is 16.5. The Morgan fingerprint density at radius 3 is 2.83 bits per heavy atom. The van der Waals surface area contributed by atoms with E-state index in [0.717, 1.165) is 30.0 Å². The van der Waals surface area contributed by atoms with Crippen molar-refractivity contribution in [3.63, 3.8) is 0 Å². The maximum atomic E-state index is 11.5. The van der Waals surface area contributed by atoms with E-state index in [-0.39, 0.29) is 12.2 Å². The molecule has 0 amide bonds. The standard InChI is InChI=1S/C19H25NO4/c1-13-5-7-20(8-6-13)11-15(21)12-23-16-3-4-17-14(2)9-19(22)24-18(17)10-16/h3-4,9-10,13,15,21H,5-8,11-12H2,1-2H3/t15-/m1/s1. The Morgan fingerprint density at radius 1 is 1.33 bits per heavy atom. The van der Waals surface area contributed by atoms with Crippen molar-refractivity contribution in [2.24, 2.45) is 5.92 Å². The molecular formula is C19H25NO4. The molecule has 2 aromatic rings. The highest BCUT2D eigenvalue weighted by Crippen LogP contribution is 2.22. The van der Waals surface area contributed by atoms with Crippen LogP contribution in [0.4, 0.5) is 0 Å². The summed E-state index contributed by atoms with van der Waals surface area (Å²) in [6, 6.07) is 6.90. The van der Waals surface area contributed by atoms with Crippen LogP contribution in [-0.4, -0.2) is 42.4 Å². The highest BCUT2D eigenvalue weighted by molar-refractivity contribution is 5.81. The number of hydrogen-bond donors (Lipinski definition) is 1. The molecule has 0 saturated carbocycles. The minimum absolute atomic E-state index is 0.230. The summed E-state index contributed by atoms with van der Waals surface area (Å²) in [5.74, 6) is 1.38. The maximum Gasteiger partial charge on any atom is 0.336 e. The first-order chi connectivity index (χ1) is 11.5. The lowest BCUT2D eigenvalue weighted by molar-refractivity contribution is 0.0563. The van der Waals surface area contributed by atoms with Crippen LogP contribution < -0.4 is 10.4 Å². The van der Waals surface area contributed by atoms with Crippen molar-refractivity contribution in [1.82, 2.24) is 4.90 Å². The van der Waals surface area contributed by atoms with Crippen LogP contribution in [0.15, 0.2) is 33.5 Å². The molecule has 0 aliphatic carbocycles. The van der Waals surface area contributed by atoms with E-state index in [0.29, 0.717) is 17.9 Å². The molecule has 1 N–H and O–H groups in total. The van der Waals surface area contributed by atoms with Crippen LogP contribution in [0.25, 0.3) is 11.0 Å². The Balaban J connectivity index is 1.58. The molecule has 0 unspecified atom stereocenters. The molecule has 3 rings (SSSR count). The molecule has 1 aliphatic rings. The summed E-state index contributed by atoms with van der Waals surface area (Å²) in [5, 5.41) is 11.1. The molecule has 0 spiro atoms. The molecule has 1 atom stereocenters. The Hall–Kier alpha value is -1.85. The predicted molar refractivity (Wildman–Crippen MR) is 93.6 cm³/mol. The van der Waals surface area contributed by atoms with Gasteiger partial charge in [0.05, 0.1) is 0 Å². The maximum absolute atomic E-state index is 11.5. The summed E-state index contributed by atoms with van der Waals surface area (Å²) in [4.78, 5) is 13.8. The van der Waals surface area contributed by atoms with Gasteiger partial charge in [0, 0.05) is 24.1 Å².